The Bertz CT molecular complexity index is 689. The number of benzene rings is 1. The van der Waals surface area contributed by atoms with E-state index >= 15 is 0 Å². The molecule has 0 spiro atoms. The van der Waals surface area contributed by atoms with Gasteiger partial charge in [-0.25, -0.2) is 4.98 Å². The molecule has 2 aromatic rings. The third kappa shape index (κ3) is 2.57. The fraction of sp³-hybridized carbons (Fsp3) is 0.412. The molecule has 0 amide bonds. The molecule has 21 heavy (non-hydrogen) atoms. The van der Waals surface area contributed by atoms with Crippen LogP contribution in [0.15, 0.2) is 30.3 Å². The van der Waals surface area contributed by atoms with Crippen molar-refractivity contribution in [3.8, 4) is 6.07 Å². The summed E-state index contributed by atoms with van der Waals surface area (Å²) in [6, 6.07) is 12.3. The van der Waals surface area contributed by atoms with E-state index in [4.69, 9.17) is 10.7 Å². The van der Waals surface area contributed by atoms with E-state index in [0.717, 1.165) is 42.7 Å². The highest BCUT2D eigenvalue weighted by molar-refractivity contribution is 5.86. The van der Waals surface area contributed by atoms with Gasteiger partial charge in [-0.2, -0.15) is 5.26 Å². The molecule has 2 heterocycles. The Hall–Kier alpha value is -2.12. The second-order valence-electron chi connectivity index (χ2n) is 5.72. The third-order valence-corrected chi connectivity index (χ3v) is 4.46. The maximum Gasteiger partial charge on any atom is 0.130 e. The number of rotatable bonds is 2. The van der Waals surface area contributed by atoms with Crippen LogP contribution in [0, 0.1) is 17.2 Å². The van der Waals surface area contributed by atoms with Crippen LogP contribution in [0.5, 0.6) is 0 Å². The van der Waals surface area contributed by atoms with Gasteiger partial charge in [0.25, 0.3) is 0 Å². The lowest BCUT2D eigenvalue weighted by molar-refractivity contribution is 0.347. The Balaban J connectivity index is 1.99. The van der Waals surface area contributed by atoms with Crippen LogP contribution in [0.4, 0.5) is 5.82 Å². The Kier molecular flexibility index (Phi) is 3.76. The first kappa shape index (κ1) is 13.8. The van der Waals surface area contributed by atoms with E-state index in [2.05, 4.69) is 17.9 Å². The molecular weight excluding hydrogens is 260 g/mol. The van der Waals surface area contributed by atoms with Crippen molar-refractivity contribution in [2.24, 2.45) is 11.7 Å². The molecule has 3 rings (SSSR count). The molecular formula is C17H20N4. The molecule has 1 aliphatic heterocycles. The fourth-order valence-electron chi connectivity index (χ4n) is 3.11. The van der Waals surface area contributed by atoms with E-state index in [-0.39, 0.29) is 6.04 Å². The molecule has 1 aliphatic rings. The van der Waals surface area contributed by atoms with Gasteiger partial charge < -0.3 is 10.6 Å². The molecule has 1 saturated heterocycles. The Labute approximate surface area is 125 Å². The van der Waals surface area contributed by atoms with Crippen LogP contribution in [-0.2, 0) is 0 Å². The molecule has 1 aromatic heterocycles. The zero-order valence-electron chi connectivity index (χ0n) is 12.3. The van der Waals surface area contributed by atoms with E-state index < -0.39 is 0 Å². The fourth-order valence-corrected chi connectivity index (χ4v) is 3.11. The molecule has 108 valence electrons. The van der Waals surface area contributed by atoms with Crippen LogP contribution in [0.3, 0.4) is 0 Å². The smallest absolute Gasteiger partial charge is 0.130 e. The Morgan fingerprint density at radius 3 is 3.00 bits per heavy atom. The minimum Gasteiger partial charge on any atom is -0.356 e. The highest BCUT2D eigenvalue weighted by Gasteiger charge is 2.26. The zero-order chi connectivity index (χ0) is 14.8. The van der Waals surface area contributed by atoms with Gasteiger partial charge in [0, 0.05) is 24.5 Å². The quantitative estimate of drug-likeness (QED) is 0.918. The van der Waals surface area contributed by atoms with Crippen LogP contribution in [0.1, 0.15) is 25.3 Å². The summed E-state index contributed by atoms with van der Waals surface area (Å²) in [5.41, 5.74) is 7.75. The van der Waals surface area contributed by atoms with E-state index in [1.807, 2.05) is 30.3 Å². The number of hydrogen-bond donors (Lipinski definition) is 1. The third-order valence-electron chi connectivity index (χ3n) is 4.46. The van der Waals surface area contributed by atoms with Gasteiger partial charge in [0.1, 0.15) is 5.82 Å². The maximum atomic E-state index is 9.38. The number of nitrogens with two attached hydrogens (primary N) is 1. The molecule has 2 N–H and O–H groups in total. The summed E-state index contributed by atoms with van der Waals surface area (Å²) in [5.74, 6) is 1.40. The number of aromatic nitrogens is 1. The molecule has 2 atom stereocenters. The summed E-state index contributed by atoms with van der Waals surface area (Å²) in [6.45, 7) is 4.02. The van der Waals surface area contributed by atoms with Crippen LogP contribution in [0.25, 0.3) is 10.9 Å². The van der Waals surface area contributed by atoms with E-state index in [0.29, 0.717) is 11.5 Å². The van der Waals surface area contributed by atoms with Crippen molar-refractivity contribution >= 4 is 16.7 Å². The van der Waals surface area contributed by atoms with Crippen molar-refractivity contribution in [1.82, 2.24) is 4.98 Å². The van der Waals surface area contributed by atoms with Crippen molar-refractivity contribution in [2.75, 3.05) is 18.0 Å². The minimum atomic E-state index is 0.280. The predicted molar refractivity (Wildman–Crippen MR) is 85.0 cm³/mol. The second-order valence-corrected chi connectivity index (χ2v) is 5.72. The molecule has 4 heteroatoms. The monoisotopic (exact) mass is 280 g/mol. The summed E-state index contributed by atoms with van der Waals surface area (Å²) in [5, 5.41) is 10.3. The summed E-state index contributed by atoms with van der Waals surface area (Å²) in [4.78, 5) is 7.00. The van der Waals surface area contributed by atoms with Crippen molar-refractivity contribution < 1.29 is 0 Å². The first-order valence-corrected chi connectivity index (χ1v) is 7.53. The van der Waals surface area contributed by atoms with Gasteiger partial charge in [0.15, 0.2) is 0 Å². The molecule has 0 radical (unpaired) electrons. The molecule has 0 aliphatic carbocycles. The van der Waals surface area contributed by atoms with Crippen molar-refractivity contribution in [3.63, 3.8) is 0 Å². The standard InChI is InChI=1S/C17H20N4/c1-2-12-11-21(8-7-15(12)19)17-9-13(10-18)14-5-3-4-6-16(14)20-17/h3-6,9,12,15H,2,7-8,11,19H2,1H3. The van der Waals surface area contributed by atoms with Crippen molar-refractivity contribution in [3.05, 3.63) is 35.9 Å². The number of pyridine rings is 1. The normalized spacial score (nSPS) is 22.2. The zero-order valence-corrected chi connectivity index (χ0v) is 12.3. The Morgan fingerprint density at radius 1 is 1.43 bits per heavy atom. The highest BCUT2D eigenvalue weighted by atomic mass is 15.2. The van der Waals surface area contributed by atoms with E-state index in [1.54, 1.807) is 0 Å². The summed E-state index contributed by atoms with van der Waals surface area (Å²) in [6.07, 6.45) is 2.06. The van der Waals surface area contributed by atoms with Crippen molar-refractivity contribution in [1.29, 1.82) is 5.26 Å². The number of hydrogen-bond acceptors (Lipinski definition) is 4. The largest absolute Gasteiger partial charge is 0.356 e. The Morgan fingerprint density at radius 2 is 2.24 bits per heavy atom. The average Bonchev–Trinajstić information content (AvgIpc) is 2.54. The summed E-state index contributed by atoms with van der Waals surface area (Å²) < 4.78 is 0. The van der Waals surface area contributed by atoms with Gasteiger partial charge in [-0.3, -0.25) is 0 Å². The van der Waals surface area contributed by atoms with Crippen LogP contribution >= 0.6 is 0 Å². The van der Waals surface area contributed by atoms with Gasteiger partial charge in [-0.05, 0) is 24.5 Å². The number of anilines is 1. The molecule has 0 saturated carbocycles. The van der Waals surface area contributed by atoms with Crippen LogP contribution < -0.4 is 10.6 Å². The lowest BCUT2D eigenvalue weighted by Crippen LogP contribution is -2.47. The van der Waals surface area contributed by atoms with Gasteiger partial charge in [0.05, 0.1) is 17.1 Å². The second kappa shape index (κ2) is 5.71. The summed E-state index contributed by atoms with van der Waals surface area (Å²) >= 11 is 0. The van der Waals surface area contributed by atoms with E-state index in [1.165, 1.54) is 0 Å². The molecule has 0 bridgehead atoms. The van der Waals surface area contributed by atoms with Gasteiger partial charge in [0.2, 0.25) is 0 Å². The van der Waals surface area contributed by atoms with Crippen LogP contribution in [-0.4, -0.2) is 24.1 Å². The van der Waals surface area contributed by atoms with Crippen molar-refractivity contribution in [2.45, 2.75) is 25.8 Å². The number of para-hydroxylation sites is 1. The lowest BCUT2D eigenvalue weighted by Gasteiger charge is -2.37. The SMILES string of the molecule is CCC1CN(c2cc(C#N)c3ccccc3n2)CCC1N. The maximum absolute atomic E-state index is 9.38. The first-order valence-electron chi connectivity index (χ1n) is 7.53. The highest BCUT2D eigenvalue weighted by Crippen LogP contribution is 2.27. The number of piperidine rings is 1. The molecule has 1 fully saturated rings. The lowest BCUT2D eigenvalue weighted by atomic mass is 9.90. The number of nitrogens with zero attached hydrogens (tertiary/aromatic N) is 3. The molecule has 2 unspecified atom stereocenters. The van der Waals surface area contributed by atoms with Gasteiger partial charge in [-0.1, -0.05) is 31.5 Å². The molecule has 1 aromatic carbocycles. The minimum absolute atomic E-state index is 0.280. The van der Waals surface area contributed by atoms with Gasteiger partial charge >= 0.3 is 0 Å². The molecule has 4 nitrogen and oxygen atoms in total. The number of nitriles is 1. The average molecular weight is 280 g/mol. The topological polar surface area (TPSA) is 65.9 Å². The van der Waals surface area contributed by atoms with E-state index in [9.17, 15) is 5.26 Å². The first-order chi connectivity index (χ1) is 10.2. The summed E-state index contributed by atoms with van der Waals surface area (Å²) in [7, 11) is 0. The predicted octanol–water partition coefficient (Wildman–Crippen LogP) is 2.67. The number of fused-ring (bicyclic) bond motifs is 1. The van der Waals surface area contributed by atoms with Gasteiger partial charge in [-0.15, -0.1) is 0 Å². The van der Waals surface area contributed by atoms with Crippen LogP contribution in [0.2, 0.25) is 0 Å².